The lowest BCUT2D eigenvalue weighted by Crippen LogP contribution is -2.38. The Kier molecular flexibility index (Phi) is 5.58. The number of rotatable bonds is 5. The van der Waals surface area contributed by atoms with Crippen molar-refractivity contribution >= 4 is 39.8 Å². The third-order valence-corrected chi connectivity index (χ3v) is 6.93. The highest BCUT2D eigenvalue weighted by molar-refractivity contribution is 7.13. The van der Waals surface area contributed by atoms with Crippen molar-refractivity contribution in [2.24, 2.45) is 0 Å². The molecule has 9 heteroatoms. The predicted molar refractivity (Wildman–Crippen MR) is 130 cm³/mol. The van der Waals surface area contributed by atoms with Crippen LogP contribution in [0.15, 0.2) is 72.2 Å². The van der Waals surface area contributed by atoms with E-state index in [-0.39, 0.29) is 24.9 Å². The standard InChI is InChI=1S/C25H22N4O4S/c30-25(29-17-8-3-6-15-5-1-2-7-16(15)17)33-20-14-32-22-19(13-31-23(20)22)28-24-26-11-10-18(27-24)21-9-4-12-34-21/h1-12,19-20,22-23H,13-14H2,(H,29,30)(H,26,27,28). The minimum absolute atomic E-state index is 0.140. The molecule has 2 aromatic carbocycles. The van der Waals surface area contributed by atoms with Gasteiger partial charge in [-0.25, -0.2) is 14.8 Å². The van der Waals surface area contributed by atoms with Crippen molar-refractivity contribution in [1.82, 2.24) is 9.97 Å². The summed E-state index contributed by atoms with van der Waals surface area (Å²) >= 11 is 1.63. The summed E-state index contributed by atoms with van der Waals surface area (Å²) in [4.78, 5) is 22.7. The minimum atomic E-state index is -0.530. The SMILES string of the molecule is O=C(Nc1cccc2ccccc12)OC1COC2C(Nc3nccc(-c4cccs4)n3)COC12. The van der Waals surface area contributed by atoms with Crippen LogP contribution >= 0.6 is 11.3 Å². The number of benzene rings is 2. The van der Waals surface area contributed by atoms with E-state index in [2.05, 4.69) is 20.6 Å². The van der Waals surface area contributed by atoms with Crippen molar-refractivity contribution in [3.8, 4) is 10.6 Å². The fourth-order valence-electron chi connectivity index (χ4n) is 4.46. The molecule has 2 aliphatic heterocycles. The Bertz CT molecular complexity index is 1310. The van der Waals surface area contributed by atoms with E-state index in [1.165, 1.54) is 0 Å². The van der Waals surface area contributed by atoms with Gasteiger partial charge in [-0.3, -0.25) is 5.32 Å². The number of hydrogen-bond acceptors (Lipinski definition) is 8. The number of aromatic nitrogens is 2. The van der Waals surface area contributed by atoms with Crippen molar-refractivity contribution in [3.05, 3.63) is 72.2 Å². The van der Waals surface area contributed by atoms with Gasteiger partial charge in [0.25, 0.3) is 0 Å². The van der Waals surface area contributed by atoms with E-state index < -0.39 is 12.2 Å². The fourth-order valence-corrected chi connectivity index (χ4v) is 5.15. The molecule has 0 bridgehead atoms. The molecule has 4 heterocycles. The Balaban J connectivity index is 1.09. The molecule has 0 aliphatic carbocycles. The van der Waals surface area contributed by atoms with Crippen LogP contribution in [0.1, 0.15) is 0 Å². The van der Waals surface area contributed by atoms with Crippen molar-refractivity contribution in [1.29, 1.82) is 0 Å². The predicted octanol–water partition coefficient (Wildman–Crippen LogP) is 4.55. The highest BCUT2D eigenvalue weighted by Gasteiger charge is 2.49. The molecule has 4 unspecified atom stereocenters. The molecular formula is C25H22N4O4S. The summed E-state index contributed by atoms with van der Waals surface area (Å²) in [6.07, 6.45) is 0.0971. The smallest absolute Gasteiger partial charge is 0.412 e. The Morgan fingerprint density at radius 2 is 1.88 bits per heavy atom. The van der Waals surface area contributed by atoms with E-state index in [1.54, 1.807) is 17.5 Å². The molecule has 0 saturated carbocycles. The molecule has 2 saturated heterocycles. The van der Waals surface area contributed by atoms with Gasteiger partial charge < -0.3 is 19.5 Å². The average Bonchev–Trinajstić information content (AvgIpc) is 3.60. The zero-order chi connectivity index (χ0) is 22.9. The maximum Gasteiger partial charge on any atom is 0.412 e. The fraction of sp³-hybridized carbons (Fsp3) is 0.240. The second-order valence-corrected chi connectivity index (χ2v) is 9.13. The quantitative estimate of drug-likeness (QED) is 0.438. The number of anilines is 2. The lowest BCUT2D eigenvalue weighted by molar-refractivity contribution is 0.00917. The number of carbonyl (C=O) groups is 1. The molecule has 1 amide bonds. The number of hydrogen-bond donors (Lipinski definition) is 2. The highest BCUT2D eigenvalue weighted by atomic mass is 32.1. The maximum atomic E-state index is 12.6. The molecule has 6 rings (SSSR count). The number of amides is 1. The summed E-state index contributed by atoms with van der Waals surface area (Å²) in [5, 5.41) is 10.2. The molecule has 2 fully saturated rings. The van der Waals surface area contributed by atoms with Crippen LogP contribution in [-0.4, -0.2) is 53.6 Å². The van der Waals surface area contributed by atoms with Gasteiger partial charge in [0.2, 0.25) is 5.95 Å². The normalized spacial score (nSPS) is 23.5. The maximum absolute atomic E-state index is 12.6. The zero-order valence-corrected chi connectivity index (χ0v) is 18.9. The van der Waals surface area contributed by atoms with Crippen LogP contribution in [0.3, 0.4) is 0 Å². The second-order valence-electron chi connectivity index (χ2n) is 8.18. The van der Waals surface area contributed by atoms with Gasteiger partial charge in [-0.2, -0.15) is 0 Å². The van der Waals surface area contributed by atoms with E-state index in [0.717, 1.165) is 21.3 Å². The number of fused-ring (bicyclic) bond motifs is 2. The molecule has 4 aromatic rings. The van der Waals surface area contributed by atoms with Gasteiger partial charge in [0, 0.05) is 11.6 Å². The van der Waals surface area contributed by atoms with E-state index in [4.69, 9.17) is 14.2 Å². The summed E-state index contributed by atoms with van der Waals surface area (Å²) < 4.78 is 17.6. The summed E-state index contributed by atoms with van der Waals surface area (Å²) in [5.74, 6) is 0.516. The molecule has 2 N–H and O–H groups in total. The molecule has 4 atom stereocenters. The minimum Gasteiger partial charge on any atom is -0.441 e. The van der Waals surface area contributed by atoms with E-state index in [0.29, 0.717) is 18.2 Å². The van der Waals surface area contributed by atoms with Gasteiger partial charge in [0.05, 0.1) is 35.5 Å². The lowest BCUT2D eigenvalue weighted by Gasteiger charge is -2.18. The molecule has 0 spiro atoms. The van der Waals surface area contributed by atoms with Gasteiger partial charge in [0.1, 0.15) is 12.2 Å². The first-order valence-electron chi connectivity index (χ1n) is 11.1. The third-order valence-electron chi connectivity index (χ3n) is 6.04. The largest absolute Gasteiger partial charge is 0.441 e. The Morgan fingerprint density at radius 3 is 2.79 bits per heavy atom. The number of nitrogens with zero attached hydrogens (tertiary/aromatic N) is 2. The van der Waals surface area contributed by atoms with E-state index in [1.807, 2.05) is 66.0 Å². The van der Waals surface area contributed by atoms with E-state index >= 15 is 0 Å². The van der Waals surface area contributed by atoms with Gasteiger partial charge in [-0.1, -0.05) is 42.5 Å². The Morgan fingerprint density at radius 1 is 1.00 bits per heavy atom. The molecule has 2 aliphatic rings. The van der Waals surface area contributed by atoms with E-state index in [9.17, 15) is 4.79 Å². The second kappa shape index (κ2) is 9.02. The van der Waals surface area contributed by atoms with Crippen molar-refractivity contribution in [2.45, 2.75) is 24.4 Å². The summed E-state index contributed by atoms with van der Waals surface area (Å²) in [6.45, 7) is 0.680. The monoisotopic (exact) mass is 474 g/mol. The van der Waals surface area contributed by atoms with Crippen LogP contribution in [0.25, 0.3) is 21.3 Å². The number of thiophene rings is 1. The first kappa shape index (κ1) is 21.0. The molecule has 0 radical (unpaired) electrons. The van der Waals surface area contributed by atoms with Crippen LogP contribution in [0.5, 0.6) is 0 Å². The molecule has 172 valence electrons. The van der Waals surface area contributed by atoms with Crippen molar-refractivity contribution < 1.29 is 19.0 Å². The van der Waals surface area contributed by atoms with Crippen molar-refractivity contribution in [3.63, 3.8) is 0 Å². The van der Waals surface area contributed by atoms with Gasteiger partial charge in [-0.05, 0) is 29.0 Å². The zero-order valence-electron chi connectivity index (χ0n) is 18.1. The highest BCUT2D eigenvalue weighted by Crippen LogP contribution is 2.31. The summed E-state index contributed by atoms with van der Waals surface area (Å²) in [5.41, 5.74) is 1.56. The van der Waals surface area contributed by atoms with Crippen LogP contribution in [0.4, 0.5) is 16.4 Å². The first-order chi connectivity index (χ1) is 16.7. The van der Waals surface area contributed by atoms with Crippen molar-refractivity contribution in [2.75, 3.05) is 23.8 Å². The first-order valence-corrected chi connectivity index (χ1v) is 11.9. The number of nitrogens with one attached hydrogen (secondary N) is 2. The summed E-state index contributed by atoms with van der Waals surface area (Å²) in [6, 6.07) is 19.4. The van der Waals surface area contributed by atoms with Gasteiger partial charge in [0.15, 0.2) is 6.10 Å². The average molecular weight is 475 g/mol. The molecule has 34 heavy (non-hydrogen) atoms. The van der Waals surface area contributed by atoms with Crippen LogP contribution in [0, 0.1) is 0 Å². The van der Waals surface area contributed by atoms with Crippen LogP contribution in [-0.2, 0) is 14.2 Å². The number of carbonyl (C=O) groups excluding carboxylic acids is 1. The van der Waals surface area contributed by atoms with Crippen LogP contribution in [0.2, 0.25) is 0 Å². The Labute approximate surface area is 199 Å². The topological polar surface area (TPSA) is 94.6 Å². The number of ether oxygens (including phenoxy) is 3. The van der Waals surface area contributed by atoms with Gasteiger partial charge >= 0.3 is 6.09 Å². The lowest BCUT2D eigenvalue weighted by atomic mass is 10.1. The molecule has 2 aromatic heterocycles. The summed E-state index contributed by atoms with van der Waals surface area (Å²) in [7, 11) is 0. The third kappa shape index (κ3) is 4.09. The molecule has 8 nitrogen and oxygen atoms in total. The van der Waals surface area contributed by atoms with Crippen LogP contribution < -0.4 is 10.6 Å². The Hall–Kier alpha value is -3.53. The molecular weight excluding hydrogens is 452 g/mol. The van der Waals surface area contributed by atoms with Gasteiger partial charge in [-0.15, -0.1) is 11.3 Å².